The van der Waals surface area contributed by atoms with Gasteiger partial charge in [-0.2, -0.15) is 0 Å². The van der Waals surface area contributed by atoms with Crippen LogP contribution < -0.4 is 0 Å². The number of thiophene rings is 1. The number of hydrogen-bond donors (Lipinski definition) is 1. The van der Waals surface area contributed by atoms with Gasteiger partial charge in [-0.25, -0.2) is 0 Å². The zero-order valence-corrected chi connectivity index (χ0v) is 40.5. The van der Waals surface area contributed by atoms with Gasteiger partial charge in [-0.3, -0.25) is 4.79 Å². The van der Waals surface area contributed by atoms with Crippen LogP contribution in [-0.4, -0.2) is 17.0 Å². The monoisotopic (exact) mass is 930 g/mol. The van der Waals surface area contributed by atoms with Crippen LogP contribution in [0.2, 0.25) is 30.1 Å². The van der Waals surface area contributed by atoms with E-state index in [2.05, 4.69) is 51.8 Å². The molecule has 0 spiro atoms. The fourth-order valence-electron chi connectivity index (χ4n) is 6.52. The Morgan fingerprint density at radius 3 is 1.17 bits per heavy atom. The number of nitrogens with zero attached hydrogens (tertiary/aromatic N) is 4. The lowest BCUT2D eigenvalue weighted by atomic mass is 9.70. The first-order valence-corrected chi connectivity index (χ1v) is 22.0. The Morgan fingerprint density at radius 1 is 0.542 bits per heavy atom. The average Bonchev–Trinajstić information content (AvgIpc) is 3.55. The highest BCUT2D eigenvalue weighted by Gasteiger charge is 2.37. The molecule has 3 aromatic rings. The van der Waals surface area contributed by atoms with E-state index in [1.807, 2.05) is 78.0 Å². The van der Waals surface area contributed by atoms with Crippen molar-refractivity contribution >= 4 is 109 Å². The third kappa shape index (κ3) is 10.8. The van der Waals surface area contributed by atoms with Crippen LogP contribution >= 0.6 is 80.9 Å². The maximum Gasteiger partial charge on any atom is 0.186 e. The smallest absolute Gasteiger partial charge is 0.186 e. The van der Waals surface area contributed by atoms with Crippen LogP contribution in [0.25, 0.3) is 11.4 Å². The van der Waals surface area contributed by atoms with Gasteiger partial charge in [0.2, 0.25) is 0 Å². The molecule has 0 atom stereocenters. The number of halogens is 6. The number of azo groups is 2. The van der Waals surface area contributed by atoms with Crippen molar-refractivity contribution in [3.63, 3.8) is 0 Å². The highest BCUT2D eigenvalue weighted by atomic mass is 35.5. The van der Waals surface area contributed by atoms with Crippen molar-refractivity contribution in [3.8, 4) is 0 Å². The van der Waals surface area contributed by atoms with Crippen LogP contribution in [0.3, 0.4) is 0 Å². The maximum absolute atomic E-state index is 14.0. The maximum atomic E-state index is 14.0. The minimum Gasteiger partial charge on any atom is -0.384 e. The lowest BCUT2D eigenvalue weighted by molar-refractivity contribution is -0.114. The SMILES string of the molecule is CC(C)(C)C1=CC(=C(N=Nc2c(Cl)cc(Cl)cc2Cl)c2ccc(C(N=Nc3c(Cl)cc(Cl)cc3Cl)=C3C=C(C(C)(C)C)C(O)C(C(C)(C)C)=C3)s2)C=C(C(C)(C)C)C1=O. The molecule has 1 aromatic heterocycles. The Labute approximate surface area is 382 Å². The van der Waals surface area contributed by atoms with E-state index >= 15 is 0 Å². The summed E-state index contributed by atoms with van der Waals surface area (Å²) in [4.78, 5) is 15.4. The Morgan fingerprint density at radius 2 is 0.864 bits per heavy atom. The van der Waals surface area contributed by atoms with Gasteiger partial charge in [-0.15, -0.1) is 31.8 Å². The van der Waals surface area contributed by atoms with E-state index in [4.69, 9.17) is 79.8 Å². The summed E-state index contributed by atoms with van der Waals surface area (Å²) in [6.45, 7) is 24.5. The minimum absolute atomic E-state index is 0.0185. The van der Waals surface area contributed by atoms with Gasteiger partial charge in [-0.05, 0) is 81.4 Å². The molecule has 0 amide bonds. The summed E-state index contributed by atoms with van der Waals surface area (Å²) in [6.07, 6.45) is 6.93. The van der Waals surface area contributed by atoms with Crippen LogP contribution in [0.4, 0.5) is 11.4 Å². The van der Waals surface area contributed by atoms with Crippen molar-refractivity contribution in [3.05, 3.63) is 134 Å². The molecular formula is C46H48Cl6N4O2S. The Bertz CT molecular complexity index is 2360. The van der Waals surface area contributed by atoms with Crippen molar-refractivity contribution in [2.45, 2.75) is 89.2 Å². The Kier molecular flexibility index (Phi) is 14.0. The van der Waals surface area contributed by atoms with Crippen molar-refractivity contribution in [1.82, 2.24) is 0 Å². The van der Waals surface area contributed by atoms with Gasteiger partial charge < -0.3 is 5.11 Å². The molecule has 1 heterocycles. The number of carbonyl (C=O) groups excluding carboxylic acids is 1. The van der Waals surface area contributed by atoms with E-state index < -0.39 is 27.8 Å². The van der Waals surface area contributed by atoms with Gasteiger partial charge in [0.15, 0.2) is 5.78 Å². The predicted octanol–water partition coefficient (Wildman–Crippen LogP) is 17.5. The third-order valence-electron chi connectivity index (χ3n) is 9.73. The summed E-state index contributed by atoms with van der Waals surface area (Å²) < 4.78 is 0. The summed E-state index contributed by atoms with van der Waals surface area (Å²) in [5.41, 5.74) is 4.05. The van der Waals surface area contributed by atoms with Crippen LogP contribution in [0.5, 0.6) is 0 Å². The Balaban J connectivity index is 1.87. The highest BCUT2D eigenvalue weighted by Crippen LogP contribution is 2.47. The largest absolute Gasteiger partial charge is 0.384 e. The molecule has 13 heteroatoms. The van der Waals surface area contributed by atoms with Crippen LogP contribution in [-0.2, 0) is 4.79 Å². The first kappa shape index (κ1) is 47.2. The molecule has 2 aromatic carbocycles. The van der Waals surface area contributed by atoms with Crippen molar-refractivity contribution in [2.24, 2.45) is 42.1 Å². The lowest BCUT2D eigenvalue weighted by Gasteiger charge is -2.37. The summed E-state index contributed by atoms with van der Waals surface area (Å²) >= 11 is 40.3. The molecule has 0 saturated carbocycles. The van der Waals surface area contributed by atoms with Crippen LogP contribution in [0, 0.1) is 21.7 Å². The number of rotatable bonds is 6. The number of hydrogen-bond acceptors (Lipinski definition) is 7. The first-order chi connectivity index (χ1) is 27.1. The Hall–Kier alpha value is -2.85. The molecular weight excluding hydrogens is 885 g/mol. The molecule has 0 bridgehead atoms. The van der Waals surface area contributed by atoms with E-state index in [0.29, 0.717) is 47.9 Å². The van der Waals surface area contributed by atoms with Gasteiger partial charge >= 0.3 is 0 Å². The normalized spacial score (nSPS) is 17.1. The van der Waals surface area contributed by atoms with Crippen LogP contribution in [0.15, 0.2) is 115 Å². The predicted molar refractivity (Wildman–Crippen MR) is 251 cm³/mol. The third-order valence-corrected chi connectivity index (χ3v) is 12.4. The van der Waals surface area contributed by atoms with Crippen molar-refractivity contribution in [2.75, 3.05) is 0 Å². The lowest BCUT2D eigenvalue weighted by Crippen LogP contribution is -2.31. The molecule has 2 aliphatic carbocycles. The number of benzene rings is 2. The molecule has 6 nitrogen and oxygen atoms in total. The van der Waals surface area contributed by atoms with E-state index in [1.54, 1.807) is 24.3 Å². The fraction of sp³-hybridized carbons (Fsp3) is 0.370. The summed E-state index contributed by atoms with van der Waals surface area (Å²) in [7, 11) is 0. The molecule has 0 radical (unpaired) electrons. The summed E-state index contributed by atoms with van der Waals surface area (Å²) in [6, 6.07) is 10.1. The topological polar surface area (TPSA) is 86.7 Å². The fourth-order valence-corrected chi connectivity index (χ4v) is 9.33. The number of ketones is 1. The average molecular weight is 934 g/mol. The number of allylic oxidation sites excluding steroid dienone is 8. The zero-order valence-electron chi connectivity index (χ0n) is 35.2. The standard InChI is InChI=1S/C46H48Cl6N4O2S/c1-43(2,3)27-15-23(16-28(41(27)57)44(4,5)6)37(53-55-39-31(49)19-25(47)20-32(39)50)35-13-14-36(59-35)38(54-56-40-33(51)21-26(48)22-34(40)52)24-17-29(45(7,8)9)42(58)30(18-24)46(10,11)12/h13-22,41,57H,1-12H3. The number of Topliss-reactive ketones (excluding diaryl/α,β-unsaturated/α-hetero) is 1. The van der Waals surface area contributed by atoms with Gasteiger partial charge in [0.1, 0.15) is 22.8 Å². The molecule has 0 unspecified atom stereocenters. The van der Waals surface area contributed by atoms with Crippen molar-refractivity contribution in [1.29, 1.82) is 0 Å². The molecule has 0 saturated heterocycles. The van der Waals surface area contributed by atoms with Crippen molar-refractivity contribution < 1.29 is 9.90 Å². The zero-order chi connectivity index (χ0) is 44.2. The number of carbonyl (C=O) groups is 1. The number of aliphatic hydroxyl groups excluding tert-OH is 1. The molecule has 59 heavy (non-hydrogen) atoms. The molecule has 5 rings (SSSR count). The van der Waals surface area contributed by atoms with E-state index in [-0.39, 0.29) is 37.2 Å². The van der Waals surface area contributed by atoms with E-state index in [9.17, 15) is 9.90 Å². The quantitative estimate of drug-likeness (QED) is 0.250. The first-order valence-electron chi connectivity index (χ1n) is 18.9. The highest BCUT2D eigenvalue weighted by molar-refractivity contribution is 7.14. The molecule has 2 aliphatic rings. The number of aliphatic hydroxyl groups is 1. The minimum atomic E-state index is -0.805. The van der Waals surface area contributed by atoms with E-state index in [1.165, 1.54) is 11.3 Å². The second kappa shape index (κ2) is 17.5. The molecule has 1 N–H and O–H groups in total. The van der Waals surface area contributed by atoms with Gasteiger partial charge in [0, 0.05) is 32.3 Å². The van der Waals surface area contributed by atoms with Gasteiger partial charge in [0.05, 0.1) is 35.9 Å². The van der Waals surface area contributed by atoms with Gasteiger partial charge in [0.25, 0.3) is 0 Å². The van der Waals surface area contributed by atoms with E-state index in [0.717, 1.165) is 16.7 Å². The summed E-state index contributed by atoms with van der Waals surface area (Å²) in [5, 5.41) is 32.3. The molecule has 0 aliphatic heterocycles. The van der Waals surface area contributed by atoms with Crippen LogP contribution in [0.1, 0.15) is 92.8 Å². The molecule has 312 valence electrons. The summed E-state index contributed by atoms with van der Waals surface area (Å²) in [5.74, 6) is -0.0185. The molecule has 0 fully saturated rings. The second-order valence-corrected chi connectivity index (χ2v) is 22.2. The van der Waals surface area contributed by atoms with Gasteiger partial charge in [-0.1, -0.05) is 165 Å². The second-order valence-electron chi connectivity index (χ2n) is 18.7.